The number of sulfonamides is 1. The highest BCUT2D eigenvalue weighted by Crippen LogP contribution is 2.28. The van der Waals surface area contributed by atoms with Crippen LogP contribution < -0.4 is 15.8 Å². The van der Waals surface area contributed by atoms with E-state index in [-0.39, 0.29) is 23.7 Å². The first kappa shape index (κ1) is 28.7. The summed E-state index contributed by atoms with van der Waals surface area (Å²) in [6.07, 6.45) is 4.27. The Labute approximate surface area is 231 Å². The van der Waals surface area contributed by atoms with Crippen LogP contribution in [-0.4, -0.2) is 54.3 Å². The van der Waals surface area contributed by atoms with Gasteiger partial charge >= 0.3 is 5.97 Å². The van der Waals surface area contributed by atoms with Gasteiger partial charge in [-0.05, 0) is 74.0 Å². The molecule has 11 nitrogen and oxygen atoms in total. The van der Waals surface area contributed by atoms with Crippen molar-refractivity contribution in [3.05, 3.63) is 89.4 Å². The summed E-state index contributed by atoms with van der Waals surface area (Å²) in [6.45, 7) is 0.681. The summed E-state index contributed by atoms with van der Waals surface area (Å²) in [5, 5.41) is 33.8. The van der Waals surface area contributed by atoms with E-state index in [1.165, 1.54) is 25.4 Å². The molecule has 2 heterocycles. The molecule has 0 radical (unpaired) electrons. The lowest BCUT2D eigenvalue weighted by molar-refractivity contribution is 0.0686. The number of benzene rings is 2. The predicted octanol–water partition coefficient (Wildman–Crippen LogP) is 2.21. The van der Waals surface area contributed by atoms with Crippen LogP contribution in [-0.2, 0) is 28.6 Å². The first-order valence-corrected chi connectivity index (χ1v) is 14.0. The molecule has 40 heavy (non-hydrogen) atoms. The molecule has 2 aromatic carbocycles. The zero-order valence-electron chi connectivity index (χ0n) is 21.8. The molecule has 12 heteroatoms. The Kier molecular flexibility index (Phi) is 8.51. The number of hydrogen-bond acceptors (Lipinski definition) is 8. The Morgan fingerprint density at radius 3 is 2.67 bits per heavy atom. The highest BCUT2D eigenvalue weighted by molar-refractivity contribution is 7.89. The Bertz CT molecular complexity index is 1680. The number of carbonyl (C=O) groups is 1. The van der Waals surface area contributed by atoms with E-state index in [1.54, 1.807) is 47.2 Å². The molecule has 0 saturated carbocycles. The number of nitrogens with zero attached hydrogens (tertiary/aromatic N) is 3. The fourth-order valence-corrected chi connectivity index (χ4v) is 5.33. The van der Waals surface area contributed by atoms with E-state index in [4.69, 9.17) is 5.73 Å². The number of hydrogen-bond donors (Lipinski definition) is 5. The largest absolute Gasteiger partial charge is 0.477 e. The number of rotatable bonds is 12. The zero-order valence-corrected chi connectivity index (χ0v) is 22.6. The molecule has 6 N–H and O–H groups in total. The van der Waals surface area contributed by atoms with Crippen molar-refractivity contribution in [3.63, 3.8) is 0 Å². The summed E-state index contributed by atoms with van der Waals surface area (Å²) in [7, 11) is -2.32. The van der Waals surface area contributed by atoms with Gasteiger partial charge in [-0.2, -0.15) is 5.26 Å². The fraction of sp³-hybridized carbons (Fsp3) is 0.250. The predicted molar refractivity (Wildman–Crippen MR) is 150 cm³/mol. The second kappa shape index (κ2) is 11.8. The van der Waals surface area contributed by atoms with Crippen LogP contribution in [0.2, 0.25) is 0 Å². The third-order valence-electron chi connectivity index (χ3n) is 6.70. The maximum atomic E-state index is 12.2. The normalized spacial score (nSPS) is 13.1. The van der Waals surface area contributed by atoms with Crippen molar-refractivity contribution in [2.24, 2.45) is 0 Å². The van der Waals surface area contributed by atoms with Crippen molar-refractivity contribution < 1.29 is 23.4 Å². The number of nitriles is 1. The second-order valence-corrected chi connectivity index (χ2v) is 11.3. The number of aliphatic hydroxyl groups is 1. The fourth-order valence-electron chi connectivity index (χ4n) is 4.53. The minimum Gasteiger partial charge on any atom is -0.477 e. The van der Waals surface area contributed by atoms with E-state index in [0.717, 1.165) is 5.56 Å². The van der Waals surface area contributed by atoms with Crippen molar-refractivity contribution >= 4 is 32.6 Å². The summed E-state index contributed by atoms with van der Waals surface area (Å²) >= 11 is 0. The number of nitrogens with one attached hydrogen (secondary N) is 2. The number of anilines is 1. The summed E-state index contributed by atoms with van der Waals surface area (Å²) < 4.78 is 28.3. The first-order chi connectivity index (χ1) is 19.1. The van der Waals surface area contributed by atoms with Crippen LogP contribution in [0.3, 0.4) is 0 Å². The highest BCUT2D eigenvalue weighted by atomic mass is 32.2. The van der Waals surface area contributed by atoms with Crippen molar-refractivity contribution in [1.29, 1.82) is 5.26 Å². The molecule has 1 atom stereocenters. The van der Waals surface area contributed by atoms with E-state index >= 15 is 0 Å². The molecule has 0 amide bonds. The van der Waals surface area contributed by atoms with Gasteiger partial charge in [0.1, 0.15) is 11.8 Å². The lowest BCUT2D eigenvalue weighted by atomic mass is 9.97. The van der Waals surface area contributed by atoms with Gasteiger partial charge in [-0.25, -0.2) is 17.9 Å². The summed E-state index contributed by atoms with van der Waals surface area (Å²) in [6, 6.07) is 16.7. The Balaban J connectivity index is 1.49. The minimum atomic E-state index is -3.65. The third kappa shape index (κ3) is 6.13. The molecule has 0 aliphatic rings. The minimum absolute atomic E-state index is 0.0331. The highest BCUT2D eigenvalue weighted by Gasteiger charge is 2.28. The van der Waals surface area contributed by atoms with E-state index in [2.05, 4.69) is 15.0 Å². The standard InChI is InChI=1S/C28H30N6O5S/c1-31-40(38,39)23-8-2-5-19(11-23)16-34-25-14-24(30)20(12-21(25)13-26(34)27(35)36)6-3-10-33-18-28(37,17-29)22-7-4-9-32-15-22/h2,4-5,7-9,11-15,31,33,37H,3,6,10,16,18,30H2,1H3,(H,35,36). The molecule has 0 spiro atoms. The number of carboxylic acid groups (broad SMARTS) is 1. The molecular formula is C28H30N6O5S. The van der Waals surface area contributed by atoms with Crippen LogP contribution in [0.25, 0.3) is 10.9 Å². The molecule has 0 bridgehead atoms. The van der Waals surface area contributed by atoms with Crippen molar-refractivity contribution in [2.45, 2.75) is 29.9 Å². The summed E-state index contributed by atoms with van der Waals surface area (Å²) in [4.78, 5) is 16.1. The van der Waals surface area contributed by atoms with Crippen molar-refractivity contribution in [1.82, 2.24) is 19.6 Å². The molecule has 0 saturated heterocycles. The van der Waals surface area contributed by atoms with Gasteiger partial charge in [-0.15, -0.1) is 0 Å². The first-order valence-electron chi connectivity index (χ1n) is 12.5. The number of aromatic carboxylic acids is 1. The summed E-state index contributed by atoms with van der Waals surface area (Å²) in [5.41, 5.74) is 7.71. The van der Waals surface area contributed by atoms with Crippen LogP contribution in [0.1, 0.15) is 33.6 Å². The number of pyridine rings is 1. The SMILES string of the molecule is CNS(=O)(=O)c1cccc(Cn2c(C(=O)O)cc3cc(CCCNCC(O)(C#N)c4cccnc4)c(N)cc32)c1. The molecule has 0 aliphatic carbocycles. The maximum Gasteiger partial charge on any atom is 0.352 e. The number of nitrogens with two attached hydrogens (primary N) is 1. The molecule has 4 aromatic rings. The smallest absolute Gasteiger partial charge is 0.352 e. The lowest BCUT2D eigenvalue weighted by Gasteiger charge is -2.20. The molecule has 0 fully saturated rings. The van der Waals surface area contributed by atoms with Crippen LogP contribution in [0.15, 0.2) is 71.9 Å². The van der Waals surface area contributed by atoms with Gasteiger partial charge in [0.2, 0.25) is 10.0 Å². The molecule has 4 rings (SSSR count). The quantitative estimate of drug-likeness (QED) is 0.0981. The topological polar surface area (TPSA) is 183 Å². The van der Waals surface area contributed by atoms with E-state index in [1.807, 2.05) is 12.1 Å². The van der Waals surface area contributed by atoms with Crippen molar-refractivity contribution in [3.8, 4) is 6.07 Å². The maximum absolute atomic E-state index is 12.2. The van der Waals surface area contributed by atoms with Gasteiger partial charge in [0, 0.05) is 42.1 Å². The zero-order chi connectivity index (χ0) is 28.9. The Hall–Kier alpha value is -4.28. The van der Waals surface area contributed by atoms with Crippen molar-refractivity contribution in [2.75, 3.05) is 25.9 Å². The average Bonchev–Trinajstić information content (AvgIpc) is 3.30. The van der Waals surface area contributed by atoms with Gasteiger partial charge in [0.05, 0.1) is 10.4 Å². The third-order valence-corrected chi connectivity index (χ3v) is 8.12. The number of aromatic nitrogens is 2. The van der Waals surface area contributed by atoms with Crippen LogP contribution >= 0.6 is 0 Å². The monoisotopic (exact) mass is 562 g/mol. The van der Waals surface area contributed by atoms with E-state index in [0.29, 0.717) is 47.1 Å². The van der Waals surface area contributed by atoms with Crippen LogP contribution in [0.5, 0.6) is 0 Å². The Morgan fingerprint density at radius 1 is 1.20 bits per heavy atom. The average molecular weight is 563 g/mol. The van der Waals surface area contributed by atoms with Crippen LogP contribution in [0.4, 0.5) is 5.69 Å². The second-order valence-electron chi connectivity index (χ2n) is 9.38. The number of aryl methyl sites for hydroxylation is 1. The lowest BCUT2D eigenvalue weighted by Crippen LogP contribution is -2.37. The van der Waals surface area contributed by atoms with Gasteiger partial charge in [0.25, 0.3) is 0 Å². The molecule has 1 unspecified atom stereocenters. The molecular weight excluding hydrogens is 532 g/mol. The van der Waals surface area contributed by atoms with Gasteiger partial charge in [-0.3, -0.25) is 4.98 Å². The van der Waals surface area contributed by atoms with Gasteiger partial charge in [0.15, 0.2) is 5.60 Å². The molecule has 0 aliphatic heterocycles. The van der Waals surface area contributed by atoms with Crippen LogP contribution in [0, 0.1) is 11.3 Å². The number of carboxylic acids is 1. The Morgan fingerprint density at radius 2 is 2.00 bits per heavy atom. The molecule has 2 aromatic heterocycles. The van der Waals surface area contributed by atoms with E-state index < -0.39 is 21.6 Å². The molecule has 208 valence electrons. The summed E-state index contributed by atoms with van der Waals surface area (Å²) in [5.74, 6) is -1.11. The van der Waals surface area contributed by atoms with Gasteiger partial charge < -0.3 is 25.8 Å². The number of nitrogen functional groups attached to an aromatic ring is 1. The van der Waals surface area contributed by atoms with Gasteiger partial charge in [-0.1, -0.05) is 18.2 Å². The number of fused-ring (bicyclic) bond motifs is 1. The van der Waals surface area contributed by atoms with E-state index in [9.17, 15) is 28.7 Å².